The third kappa shape index (κ3) is 3.57. The number of fused-ring (bicyclic) bond motifs is 1. The molecule has 2 aromatic carbocycles. The average molecular weight is 393 g/mol. The van der Waals surface area contributed by atoms with Gasteiger partial charge in [0.1, 0.15) is 0 Å². The van der Waals surface area contributed by atoms with E-state index in [0.717, 1.165) is 16.6 Å². The Hall–Kier alpha value is -1.50. The molecule has 0 amide bonds. The van der Waals surface area contributed by atoms with Crippen molar-refractivity contribution in [2.45, 2.75) is 17.8 Å². The molecule has 2 aliphatic heterocycles. The number of hydrogen-bond acceptors (Lipinski definition) is 5. The van der Waals surface area contributed by atoms with Gasteiger partial charge in [-0.15, -0.1) is 0 Å². The molecule has 1 saturated heterocycles. The fourth-order valence-electron chi connectivity index (χ4n) is 3.26. The maximum absolute atomic E-state index is 12.0. The van der Waals surface area contributed by atoms with Crippen molar-refractivity contribution < 1.29 is 8.42 Å². The van der Waals surface area contributed by atoms with Crippen LogP contribution in [0.4, 0.5) is 5.69 Å². The van der Waals surface area contributed by atoms with Crippen LogP contribution in [0.5, 0.6) is 0 Å². The molecule has 0 N–H and O–H groups in total. The SMILES string of the molecule is O=S1(=O)C[C@H]2N=C(SCc3ccccc3)N(c3ccc(Cl)cc3)[C@H]2C1. The molecule has 0 radical (unpaired) electrons. The zero-order valence-electron chi connectivity index (χ0n) is 13.4. The van der Waals surface area contributed by atoms with Crippen LogP contribution in [0.1, 0.15) is 5.56 Å². The molecule has 1 fully saturated rings. The van der Waals surface area contributed by atoms with Crippen molar-refractivity contribution in [2.24, 2.45) is 4.99 Å². The molecule has 0 bridgehead atoms. The van der Waals surface area contributed by atoms with Crippen LogP contribution < -0.4 is 4.90 Å². The number of thioether (sulfide) groups is 1. The summed E-state index contributed by atoms with van der Waals surface area (Å²) in [6.45, 7) is 0. The molecule has 25 heavy (non-hydrogen) atoms. The van der Waals surface area contributed by atoms with Gasteiger partial charge in [-0.05, 0) is 29.8 Å². The van der Waals surface area contributed by atoms with Gasteiger partial charge >= 0.3 is 0 Å². The Morgan fingerprint density at radius 1 is 1.08 bits per heavy atom. The topological polar surface area (TPSA) is 49.7 Å². The lowest BCUT2D eigenvalue weighted by Gasteiger charge is -2.26. The fourth-order valence-corrected chi connectivity index (χ4v) is 6.31. The quantitative estimate of drug-likeness (QED) is 0.800. The largest absolute Gasteiger partial charge is 0.315 e. The first-order chi connectivity index (χ1) is 12.0. The van der Waals surface area contributed by atoms with Gasteiger partial charge < -0.3 is 4.90 Å². The van der Waals surface area contributed by atoms with Crippen molar-refractivity contribution in [3.05, 3.63) is 65.2 Å². The molecule has 4 nitrogen and oxygen atoms in total. The lowest BCUT2D eigenvalue weighted by molar-refractivity contribution is 0.601. The second kappa shape index (κ2) is 6.67. The standard InChI is InChI=1S/C18H17ClN2O2S2/c19-14-6-8-15(9-7-14)21-17-12-25(22,23)11-16(17)20-18(21)24-10-13-4-2-1-3-5-13/h1-9,16-17H,10-12H2/t16-,17+/m1/s1. The normalized spacial score (nSPS) is 24.2. The number of aliphatic imine (C=N–C) groups is 1. The number of hydrogen-bond donors (Lipinski definition) is 0. The zero-order chi connectivity index (χ0) is 17.4. The monoisotopic (exact) mass is 392 g/mol. The molecule has 7 heteroatoms. The van der Waals surface area contributed by atoms with Gasteiger partial charge in [-0.1, -0.05) is 53.7 Å². The maximum atomic E-state index is 12.0. The highest BCUT2D eigenvalue weighted by Crippen LogP contribution is 2.36. The minimum Gasteiger partial charge on any atom is -0.315 e. The van der Waals surface area contributed by atoms with Gasteiger partial charge in [-0.25, -0.2) is 8.42 Å². The first kappa shape index (κ1) is 16.9. The van der Waals surface area contributed by atoms with Crippen LogP contribution in [0.3, 0.4) is 0 Å². The Labute approximate surface area is 156 Å². The van der Waals surface area contributed by atoms with Gasteiger partial charge in [0, 0.05) is 16.5 Å². The lowest BCUT2D eigenvalue weighted by atomic mass is 10.1. The molecular weight excluding hydrogens is 376 g/mol. The molecular formula is C18H17ClN2O2S2. The molecule has 2 aromatic rings. The molecule has 0 spiro atoms. The fraction of sp³-hybridized carbons (Fsp3) is 0.278. The number of amidine groups is 1. The first-order valence-electron chi connectivity index (χ1n) is 8.02. The van der Waals surface area contributed by atoms with Crippen molar-refractivity contribution in [3.8, 4) is 0 Å². The van der Waals surface area contributed by atoms with Crippen LogP contribution >= 0.6 is 23.4 Å². The van der Waals surface area contributed by atoms with Crippen LogP contribution in [0.15, 0.2) is 59.6 Å². The molecule has 2 atom stereocenters. The van der Waals surface area contributed by atoms with Crippen LogP contribution in [0, 0.1) is 0 Å². The highest BCUT2D eigenvalue weighted by molar-refractivity contribution is 8.13. The van der Waals surface area contributed by atoms with Crippen molar-refractivity contribution in [2.75, 3.05) is 16.4 Å². The molecule has 0 aliphatic carbocycles. The lowest BCUT2D eigenvalue weighted by Crippen LogP contribution is -2.39. The summed E-state index contributed by atoms with van der Waals surface area (Å²) < 4.78 is 24.1. The summed E-state index contributed by atoms with van der Waals surface area (Å²) in [6.07, 6.45) is 0. The van der Waals surface area contributed by atoms with Gasteiger partial charge in [-0.2, -0.15) is 0 Å². The summed E-state index contributed by atoms with van der Waals surface area (Å²) in [6, 6.07) is 17.4. The summed E-state index contributed by atoms with van der Waals surface area (Å²) in [5.74, 6) is 1.09. The number of rotatable bonds is 3. The summed E-state index contributed by atoms with van der Waals surface area (Å²) in [5, 5.41) is 1.55. The van der Waals surface area contributed by atoms with Gasteiger partial charge in [-0.3, -0.25) is 4.99 Å². The van der Waals surface area contributed by atoms with E-state index in [9.17, 15) is 8.42 Å². The Morgan fingerprint density at radius 2 is 1.80 bits per heavy atom. The second-order valence-corrected chi connectivity index (χ2v) is 9.78. The summed E-state index contributed by atoms with van der Waals surface area (Å²) in [4.78, 5) is 6.80. The molecule has 130 valence electrons. The summed E-state index contributed by atoms with van der Waals surface area (Å²) in [5.41, 5.74) is 2.16. The van der Waals surface area contributed by atoms with Crippen molar-refractivity contribution in [3.63, 3.8) is 0 Å². The minimum atomic E-state index is -3.03. The predicted molar refractivity (Wildman–Crippen MR) is 105 cm³/mol. The Balaban J connectivity index is 1.62. The van der Waals surface area contributed by atoms with Crippen LogP contribution in [-0.4, -0.2) is 37.2 Å². The summed E-state index contributed by atoms with van der Waals surface area (Å²) in [7, 11) is -3.03. The van der Waals surface area contributed by atoms with Crippen LogP contribution in [0.2, 0.25) is 5.02 Å². The summed E-state index contributed by atoms with van der Waals surface area (Å²) >= 11 is 7.65. The van der Waals surface area contributed by atoms with E-state index in [4.69, 9.17) is 16.6 Å². The molecule has 2 heterocycles. The van der Waals surface area contributed by atoms with E-state index in [2.05, 4.69) is 17.0 Å². The zero-order valence-corrected chi connectivity index (χ0v) is 15.8. The van der Waals surface area contributed by atoms with Gasteiger partial charge in [0.25, 0.3) is 0 Å². The molecule has 2 aliphatic rings. The van der Waals surface area contributed by atoms with E-state index >= 15 is 0 Å². The van der Waals surface area contributed by atoms with E-state index in [1.54, 1.807) is 11.8 Å². The maximum Gasteiger partial charge on any atom is 0.164 e. The molecule has 4 rings (SSSR count). The van der Waals surface area contributed by atoms with E-state index in [0.29, 0.717) is 5.02 Å². The van der Waals surface area contributed by atoms with Gasteiger partial charge in [0.15, 0.2) is 15.0 Å². The second-order valence-electron chi connectivity index (χ2n) is 6.24. The predicted octanol–water partition coefficient (Wildman–Crippen LogP) is 3.62. The number of nitrogens with zero attached hydrogens (tertiary/aromatic N) is 2. The molecule has 0 aromatic heterocycles. The number of sulfone groups is 1. The Morgan fingerprint density at radius 3 is 2.52 bits per heavy atom. The number of halogens is 1. The first-order valence-corrected chi connectivity index (χ1v) is 11.2. The smallest absolute Gasteiger partial charge is 0.164 e. The molecule has 0 unspecified atom stereocenters. The highest BCUT2D eigenvalue weighted by atomic mass is 35.5. The van der Waals surface area contributed by atoms with Crippen LogP contribution in [0.25, 0.3) is 0 Å². The number of benzene rings is 2. The van der Waals surface area contributed by atoms with E-state index in [1.165, 1.54) is 5.56 Å². The highest BCUT2D eigenvalue weighted by Gasteiger charge is 2.47. The van der Waals surface area contributed by atoms with E-state index in [-0.39, 0.29) is 23.6 Å². The minimum absolute atomic E-state index is 0.121. The van der Waals surface area contributed by atoms with E-state index < -0.39 is 9.84 Å². The Bertz CT molecular complexity index is 898. The molecule has 0 saturated carbocycles. The van der Waals surface area contributed by atoms with Gasteiger partial charge in [0.05, 0.1) is 23.6 Å². The van der Waals surface area contributed by atoms with Gasteiger partial charge in [0.2, 0.25) is 0 Å². The van der Waals surface area contributed by atoms with Crippen molar-refractivity contribution in [1.82, 2.24) is 0 Å². The van der Waals surface area contributed by atoms with E-state index in [1.807, 2.05) is 42.5 Å². The van der Waals surface area contributed by atoms with Crippen molar-refractivity contribution in [1.29, 1.82) is 0 Å². The third-order valence-corrected chi connectivity index (χ3v) is 7.41. The third-order valence-electron chi connectivity index (χ3n) is 4.42. The van der Waals surface area contributed by atoms with Crippen molar-refractivity contribution >= 4 is 44.1 Å². The van der Waals surface area contributed by atoms with Crippen LogP contribution in [-0.2, 0) is 15.6 Å². The Kier molecular flexibility index (Phi) is 4.52. The average Bonchev–Trinajstić information content (AvgIpc) is 3.06. The number of anilines is 1.